The molecule has 1 aliphatic heterocycles. The third kappa shape index (κ3) is 3.94. The van der Waals surface area contributed by atoms with E-state index in [-0.39, 0.29) is 17.6 Å². The number of carbonyl (C=O) groups excluding carboxylic acids is 1. The summed E-state index contributed by atoms with van der Waals surface area (Å²) in [6.45, 7) is -0.106. The summed E-state index contributed by atoms with van der Waals surface area (Å²) in [4.78, 5) is 18.4. The maximum absolute atomic E-state index is 13.7. The van der Waals surface area contributed by atoms with Crippen molar-refractivity contribution in [3.63, 3.8) is 0 Å². The Morgan fingerprint density at radius 3 is 2.83 bits per heavy atom. The lowest BCUT2D eigenvalue weighted by Crippen LogP contribution is -2.34. The van der Waals surface area contributed by atoms with Crippen LogP contribution in [-0.2, 0) is 0 Å². The van der Waals surface area contributed by atoms with Gasteiger partial charge in [-0.05, 0) is 42.7 Å². The summed E-state index contributed by atoms with van der Waals surface area (Å²) < 4.78 is 52.7. The van der Waals surface area contributed by atoms with Gasteiger partial charge in [-0.3, -0.25) is 4.79 Å². The molecule has 3 aromatic rings. The summed E-state index contributed by atoms with van der Waals surface area (Å²) in [7, 11) is 0. The van der Waals surface area contributed by atoms with Gasteiger partial charge in [0.15, 0.2) is 17.5 Å². The van der Waals surface area contributed by atoms with Crippen molar-refractivity contribution in [3.05, 3.63) is 59.7 Å². The van der Waals surface area contributed by atoms with Gasteiger partial charge in [0.1, 0.15) is 11.6 Å². The highest BCUT2D eigenvalue weighted by atomic mass is 19.3. The van der Waals surface area contributed by atoms with Crippen molar-refractivity contribution in [2.24, 2.45) is 0 Å². The second-order valence-electron chi connectivity index (χ2n) is 7.07. The first kappa shape index (κ1) is 20.1. The zero-order valence-corrected chi connectivity index (χ0v) is 15.8. The minimum absolute atomic E-state index is 0.00909. The zero-order chi connectivity index (χ0) is 21.3. The van der Waals surface area contributed by atoms with Crippen LogP contribution in [0.25, 0.3) is 5.65 Å². The normalized spacial score (nSPS) is 17.6. The summed E-state index contributed by atoms with van der Waals surface area (Å²) >= 11 is 0. The highest BCUT2D eigenvalue weighted by Gasteiger charge is 2.28. The van der Waals surface area contributed by atoms with E-state index in [4.69, 9.17) is 0 Å². The molecule has 0 bridgehead atoms. The van der Waals surface area contributed by atoms with Gasteiger partial charge in [0, 0.05) is 6.54 Å². The highest BCUT2D eigenvalue weighted by molar-refractivity contribution is 5.93. The lowest BCUT2D eigenvalue weighted by atomic mass is 10.0. The van der Waals surface area contributed by atoms with Gasteiger partial charge in [0.2, 0.25) is 0 Å². The molecule has 3 heterocycles. The van der Waals surface area contributed by atoms with Crippen LogP contribution < -0.4 is 10.2 Å². The number of anilines is 1. The average molecular weight is 421 g/mol. The van der Waals surface area contributed by atoms with Crippen LogP contribution in [0.2, 0.25) is 0 Å². The molecule has 0 saturated carbocycles. The number of fused-ring (bicyclic) bond motifs is 1. The standard InChI is InChI=1S/C20H19F4N5O/c21-13-4-1-3-12(9-13)15-5-2-8-28(15)18-7-6-17-25-11-16(29(17)27-18)20(30)26-10-14(22)19(23)24/h1,3-4,6-7,9,11,14-15,19H,2,5,8,10H2,(H,26,30)/t14?,15-/m1/s1. The van der Waals surface area contributed by atoms with Crippen LogP contribution in [0, 0.1) is 5.82 Å². The van der Waals surface area contributed by atoms with Gasteiger partial charge in [-0.2, -0.15) is 0 Å². The summed E-state index contributed by atoms with van der Waals surface area (Å²) in [6, 6.07) is 9.77. The molecule has 1 fully saturated rings. The lowest BCUT2D eigenvalue weighted by Gasteiger charge is -2.26. The molecule has 158 valence electrons. The van der Waals surface area contributed by atoms with Crippen molar-refractivity contribution in [2.75, 3.05) is 18.0 Å². The van der Waals surface area contributed by atoms with E-state index < -0.39 is 25.0 Å². The average Bonchev–Trinajstić information content (AvgIpc) is 3.38. The Balaban J connectivity index is 1.60. The minimum atomic E-state index is -3.17. The maximum atomic E-state index is 13.7. The molecule has 0 radical (unpaired) electrons. The van der Waals surface area contributed by atoms with E-state index in [1.807, 2.05) is 11.0 Å². The molecule has 2 aromatic heterocycles. The SMILES string of the molecule is O=C(NCC(F)C(F)F)c1cnc2ccc(N3CCC[C@@H]3c3cccc(F)c3)nn12. The lowest BCUT2D eigenvalue weighted by molar-refractivity contribution is 0.0487. The van der Waals surface area contributed by atoms with Gasteiger partial charge in [0.05, 0.1) is 18.8 Å². The monoisotopic (exact) mass is 421 g/mol. The molecule has 1 unspecified atom stereocenters. The van der Waals surface area contributed by atoms with Gasteiger partial charge >= 0.3 is 0 Å². The van der Waals surface area contributed by atoms with Crippen LogP contribution in [0.1, 0.15) is 34.9 Å². The van der Waals surface area contributed by atoms with Crippen molar-refractivity contribution >= 4 is 17.4 Å². The third-order valence-electron chi connectivity index (χ3n) is 5.09. The number of aromatic nitrogens is 3. The number of hydrogen-bond donors (Lipinski definition) is 1. The largest absolute Gasteiger partial charge is 0.348 e. The Bertz CT molecular complexity index is 1060. The van der Waals surface area contributed by atoms with Crippen molar-refractivity contribution in [1.82, 2.24) is 19.9 Å². The number of alkyl halides is 3. The Kier molecular flexibility index (Phi) is 5.56. The molecule has 1 aliphatic rings. The molecule has 1 aromatic carbocycles. The van der Waals surface area contributed by atoms with Gasteiger partial charge < -0.3 is 10.2 Å². The molecule has 1 saturated heterocycles. The molecule has 30 heavy (non-hydrogen) atoms. The van der Waals surface area contributed by atoms with Gasteiger partial charge in [-0.15, -0.1) is 5.10 Å². The van der Waals surface area contributed by atoms with Gasteiger partial charge in [-0.25, -0.2) is 27.1 Å². The van der Waals surface area contributed by atoms with E-state index >= 15 is 0 Å². The third-order valence-corrected chi connectivity index (χ3v) is 5.09. The van der Waals surface area contributed by atoms with Crippen LogP contribution >= 0.6 is 0 Å². The van der Waals surface area contributed by atoms with E-state index in [0.717, 1.165) is 18.4 Å². The minimum Gasteiger partial charge on any atom is -0.348 e. The van der Waals surface area contributed by atoms with Gasteiger partial charge in [0.25, 0.3) is 12.3 Å². The Hall–Kier alpha value is -3.17. The number of rotatable bonds is 6. The summed E-state index contributed by atoms with van der Waals surface area (Å²) in [6.07, 6.45) is -2.65. The number of imidazole rings is 1. The molecule has 1 N–H and O–H groups in total. The van der Waals surface area contributed by atoms with Crippen molar-refractivity contribution in [1.29, 1.82) is 0 Å². The predicted molar refractivity (Wildman–Crippen MR) is 102 cm³/mol. The Labute approximate surface area is 169 Å². The molecule has 0 aliphatic carbocycles. The second-order valence-corrected chi connectivity index (χ2v) is 7.07. The summed E-state index contributed by atoms with van der Waals surface area (Å²) in [5.41, 5.74) is 1.23. The smallest absolute Gasteiger partial charge is 0.271 e. The van der Waals surface area contributed by atoms with E-state index in [2.05, 4.69) is 15.4 Å². The maximum Gasteiger partial charge on any atom is 0.271 e. The molecule has 6 nitrogen and oxygen atoms in total. The first-order chi connectivity index (χ1) is 14.4. The summed E-state index contributed by atoms with van der Waals surface area (Å²) in [5, 5.41) is 6.62. The number of benzene rings is 1. The first-order valence-electron chi connectivity index (χ1n) is 9.51. The number of nitrogens with zero attached hydrogens (tertiary/aromatic N) is 4. The number of hydrogen-bond acceptors (Lipinski definition) is 4. The molecule has 4 rings (SSSR count). The number of nitrogens with one attached hydrogen (secondary N) is 1. The molecule has 0 spiro atoms. The van der Waals surface area contributed by atoms with Crippen LogP contribution in [0.15, 0.2) is 42.6 Å². The number of amides is 1. The fourth-order valence-corrected chi connectivity index (χ4v) is 3.64. The summed E-state index contributed by atoms with van der Waals surface area (Å²) in [5.74, 6) is -0.498. The second kappa shape index (κ2) is 8.29. The Morgan fingerprint density at radius 2 is 2.07 bits per heavy atom. The predicted octanol–water partition coefficient (Wildman–Crippen LogP) is 3.54. The van der Waals surface area contributed by atoms with Crippen molar-refractivity contribution < 1.29 is 22.4 Å². The topological polar surface area (TPSA) is 62.5 Å². The Morgan fingerprint density at radius 1 is 1.23 bits per heavy atom. The fraction of sp³-hybridized carbons (Fsp3) is 0.350. The van der Waals surface area contributed by atoms with E-state index in [1.54, 1.807) is 18.2 Å². The van der Waals surface area contributed by atoms with Crippen LogP contribution in [-0.4, -0.2) is 46.2 Å². The molecule has 2 atom stereocenters. The van der Waals surface area contributed by atoms with E-state index in [0.29, 0.717) is 18.0 Å². The van der Waals surface area contributed by atoms with Crippen LogP contribution in [0.5, 0.6) is 0 Å². The number of carbonyl (C=O) groups is 1. The van der Waals surface area contributed by atoms with Gasteiger partial charge in [-0.1, -0.05) is 12.1 Å². The van der Waals surface area contributed by atoms with Crippen molar-refractivity contribution in [3.8, 4) is 0 Å². The van der Waals surface area contributed by atoms with E-state index in [1.165, 1.54) is 22.8 Å². The van der Waals surface area contributed by atoms with Crippen LogP contribution in [0.4, 0.5) is 23.4 Å². The first-order valence-corrected chi connectivity index (χ1v) is 9.51. The highest BCUT2D eigenvalue weighted by Crippen LogP contribution is 2.35. The van der Waals surface area contributed by atoms with Crippen molar-refractivity contribution in [2.45, 2.75) is 31.5 Å². The molecule has 10 heteroatoms. The molecule has 1 amide bonds. The molecular formula is C20H19F4N5O. The molecular weight excluding hydrogens is 402 g/mol. The quantitative estimate of drug-likeness (QED) is 0.619. The van der Waals surface area contributed by atoms with Crippen LogP contribution in [0.3, 0.4) is 0 Å². The number of halogens is 4. The zero-order valence-electron chi connectivity index (χ0n) is 15.8. The fourth-order valence-electron chi connectivity index (χ4n) is 3.64. The van der Waals surface area contributed by atoms with E-state index in [9.17, 15) is 22.4 Å².